The monoisotopic (exact) mass is 243 g/mol. The molecule has 1 unspecified atom stereocenters. The van der Waals surface area contributed by atoms with Crippen LogP contribution in [0.25, 0.3) is 0 Å². The van der Waals surface area contributed by atoms with E-state index in [-0.39, 0.29) is 12.2 Å². The Morgan fingerprint density at radius 2 is 2.12 bits per heavy atom. The Labute approximate surface area is 97.9 Å². The summed E-state index contributed by atoms with van der Waals surface area (Å²) in [7, 11) is 2.77. The van der Waals surface area contributed by atoms with E-state index in [4.69, 9.17) is 20.3 Å². The topological polar surface area (TPSA) is 81.8 Å². The quantitative estimate of drug-likeness (QED) is 0.799. The highest BCUT2D eigenvalue weighted by molar-refractivity contribution is 5.73. The normalized spacial score (nSPS) is 12.0. The summed E-state index contributed by atoms with van der Waals surface area (Å²) in [5.74, 6) is -1.18. The first kappa shape index (κ1) is 13.2. The first-order valence-corrected chi connectivity index (χ1v) is 4.88. The lowest BCUT2D eigenvalue weighted by Gasteiger charge is -2.14. The third kappa shape index (κ3) is 3.07. The molecule has 6 heteroatoms. The van der Waals surface area contributed by atoms with Crippen LogP contribution in [0.1, 0.15) is 5.56 Å². The van der Waals surface area contributed by atoms with Crippen molar-refractivity contribution >= 4 is 5.97 Å². The second-order valence-corrected chi connectivity index (χ2v) is 3.45. The van der Waals surface area contributed by atoms with E-state index in [1.165, 1.54) is 20.3 Å². The van der Waals surface area contributed by atoms with Crippen LogP contribution in [0.15, 0.2) is 12.1 Å². The highest BCUT2D eigenvalue weighted by Gasteiger charge is 2.18. The van der Waals surface area contributed by atoms with Crippen molar-refractivity contribution in [1.82, 2.24) is 0 Å². The lowest BCUT2D eigenvalue weighted by atomic mass is 10.0. The first-order chi connectivity index (χ1) is 7.99. The summed E-state index contributed by atoms with van der Waals surface area (Å²) in [5.41, 5.74) is 5.76. The maximum absolute atomic E-state index is 13.3. The molecule has 1 atom stereocenters. The van der Waals surface area contributed by atoms with E-state index in [1.54, 1.807) is 0 Å². The van der Waals surface area contributed by atoms with Gasteiger partial charge in [-0.3, -0.25) is 4.79 Å². The van der Waals surface area contributed by atoms with Crippen LogP contribution in [-0.2, 0) is 11.2 Å². The van der Waals surface area contributed by atoms with E-state index in [0.717, 1.165) is 6.07 Å². The summed E-state index contributed by atoms with van der Waals surface area (Å²) in [6.07, 6.45) is -0.0351. The van der Waals surface area contributed by atoms with Gasteiger partial charge in [-0.05, 0) is 6.07 Å². The average Bonchev–Trinajstić information content (AvgIpc) is 2.27. The number of rotatable bonds is 5. The summed E-state index contributed by atoms with van der Waals surface area (Å²) >= 11 is 0. The highest BCUT2D eigenvalue weighted by Crippen LogP contribution is 2.32. The third-order valence-corrected chi connectivity index (χ3v) is 2.28. The fourth-order valence-electron chi connectivity index (χ4n) is 1.48. The van der Waals surface area contributed by atoms with E-state index in [2.05, 4.69) is 0 Å². The number of hydrogen-bond donors (Lipinski definition) is 2. The van der Waals surface area contributed by atoms with Gasteiger partial charge in [0.25, 0.3) is 0 Å². The van der Waals surface area contributed by atoms with Crippen molar-refractivity contribution in [2.24, 2.45) is 5.73 Å². The minimum absolute atomic E-state index is 0.0351. The fourth-order valence-corrected chi connectivity index (χ4v) is 1.48. The van der Waals surface area contributed by atoms with Crippen LogP contribution in [-0.4, -0.2) is 31.3 Å². The summed E-state index contributed by atoms with van der Waals surface area (Å²) in [6.45, 7) is 0. The standard InChI is InChI=1S/C11H14FNO4/c1-16-9-5-7(12)3-6(10(9)17-2)4-8(13)11(14)15/h3,5,8H,4,13H2,1-2H3,(H,14,15). The van der Waals surface area contributed by atoms with Gasteiger partial charge in [-0.2, -0.15) is 0 Å². The predicted octanol–water partition coefficient (Wildman–Crippen LogP) is 0.797. The Balaban J connectivity index is 3.12. The highest BCUT2D eigenvalue weighted by atomic mass is 19.1. The number of nitrogens with two attached hydrogens (primary N) is 1. The number of benzene rings is 1. The van der Waals surface area contributed by atoms with Gasteiger partial charge in [-0.25, -0.2) is 4.39 Å². The molecule has 0 fully saturated rings. The van der Waals surface area contributed by atoms with Crippen LogP contribution in [0.3, 0.4) is 0 Å². The first-order valence-electron chi connectivity index (χ1n) is 4.88. The van der Waals surface area contributed by atoms with Crippen molar-refractivity contribution in [2.75, 3.05) is 14.2 Å². The van der Waals surface area contributed by atoms with E-state index in [0.29, 0.717) is 11.3 Å². The summed E-state index contributed by atoms with van der Waals surface area (Å²) in [4.78, 5) is 10.7. The molecule has 0 aliphatic rings. The molecular formula is C11H14FNO4. The molecule has 1 aromatic carbocycles. The molecule has 1 rings (SSSR count). The number of carboxylic acids is 1. The second kappa shape index (κ2) is 5.49. The second-order valence-electron chi connectivity index (χ2n) is 3.45. The molecule has 0 spiro atoms. The van der Waals surface area contributed by atoms with Crippen molar-refractivity contribution < 1.29 is 23.8 Å². The van der Waals surface area contributed by atoms with E-state index < -0.39 is 17.8 Å². The van der Waals surface area contributed by atoms with Gasteiger partial charge in [0.15, 0.2) is 11.5 Å². The molecule has 0 saturated heterocycles. The van der Waals surface area contributed by atoms with Crippen LogP contribution in [0.5, 0.6) is 11.5 Å². The number of methoxy groups -OCH3 is 2. The number of aliphatic carboxylic acids is 1. The van der Waals surface area contributed by atoms with Gasteiger partial charge in [-0.1, -0.05) is 0 Å². The largest absolute Gasteiger partial charge is 0.493 e. The summed E-state index contributed by atoms with van der Waals surface area (Å²) in [5, 5.41) is 8.71. The van der Waals surface area contributed by atoms with E-state index >= 15 is 0 Å². The van der Waals surface area contributed by atoms with E-state index in [1.807, 2.05) is 0 Å². The van der Waals surface area contributed by atoms with Crippen LogP contribution in [0.2, 0.25) is 0 Å². The Morgan fingerprint density at radius 3 is 2.59 bits per heavy atom. The van der Waals surface area contributed by atoms with Crippen LogP contribution >= 0.6 is 0 Å². The maximum atomic E-state index is 13.3. The summed E-state index contributed by atoms with van der Waals surface area (Å²) in [6, 6.07) is 1.23. The van der Waals surface area contributed by atoms with Crippen molar-refractivity contribution in [3.05, 3.63) is 23.5 Å². The van der Waals surface area contributed by atoms with Crippen molar-refractivity contribution in [2.45, 2.75) is 12.5 Å². The number of ether oxygens (including phenoxy) is 2. The molecule has 0 aromatic heterocycles. The van der Waals surface area contributed by atoms with Crippen molar-refractivity contribution in [3.63, 3.8) is 0 Å². The van der Waals surface area contributed by atoms with Gasteiger partial charge < -0.3 is 20.3 Å². The smallest absolute Gasteiger partial charge is 0.320 e. The van der Waals surface area contributed by atoms with Crippen molar-refractivity contribution in [3.8, 4) is 11.5 Å². The zero-order chi connectivity index (χ0) is 13.0. The fraction of sp³-hybridized carbons (Fsp3) is 0.364. The average molecular weight is 243 g/mol. The number of carbonyl (C=O) groups is 1. The Bertz CT molecular complexity index is 422. The molecule has 0 aliphatic carbocycles. The molecule has 17 heavy (non-hydrogen) atoms. The number of halogens is 1. The lowest BCUT2D eigenvalue weighted by Crippen LogP contribution is -2.32. The molecule has 94 valence electrons. The Kier molecular flexibility index (Phi) is 4.28. The number of hydrogen-bond acceptors (Lipinski definition) is 4. The van der Waals surface area contributed by atoms with Gasteiger partial charge in [-0.15, -0.1) is 0 Å². The van der Waals surface area contributed by atoms with Crippen LogP contribution in [0, 0.1) is 5.82 Å². The van der Waals surface area contributed by atoms with Gasteiger partial charge in [0.1, 0.15) is 11.9 Å². The lowest BCUT2D eigenvalue weighted by molar-refractivity contribution is -0.138. The maximum Gasteiger partial charge on any atom is 0.320 e. The molecule has 0 aliphatic heterocycles. The molecular weight excluding hydrogens is 229 g/mol. The zero-order valence-corrected chi connectivity index (χ0v) is 9.57. The van der Waals surface area contributed by atoms with Gasteiger partial charge in [0.2, 0.25) is 0 Å². The molecule has 0 radical (unpaired) electrons. The number of carboxylic acid groups (broad SMARTS) is 1. The van der Waals surface area contributed by atoms with Gasteiger partial charge in [0.05, 0.1) is 14.2 Å². The van der Waals surface area contributed by atoms with Gasteiger partial charge >= 0.3 is 5.97 Å². The third-order valence-electron chi connectivity index (χ3n) is 2.28. The van der Waals surface area contributed by atoms with Crippen molar-refractivity contribution in [1.29, 1.82) is 0 Å². The minimum atomic E-state index is -1.16. The Morgan fingerprint density at radius 1 is 1.47 bits per heavy atom. The molecule has 0 saturated carbocycles. The molecule has 5 nitrogen and oxygen atoms in total. The predicted molar refractivity (Wildman–Crippen MR) is 58.8 cm³/mol. The van der Waals surface area contributed by atoms with Gasteiger partial charge in [0, 0.05) is 18.1 Å². The molecule has 3 N–H and O–H groups in total. The molecule has 0 bridgehead atoms. The van der Waals surface area contributed by atoms with E-state index in [9.17, 15) is 9.18 Å². The zero-order valence-electron chi connectivity index (χ0n) is 9.57. The minimum Gasteiger partial charge on any atom is -0.493 e. The SMILES string of the molecule is COc1cc(F)cc(CC(N)C(=O)O)c1OC. The van der Waals surface area contributed by atoms with Crippen LogP contribution in [0.4, 0.5) is 4.39 Å². The molecule has 0 heterocycles. The van der Waals surface area contributed by atoms with Crippen LogP contribution < -0.4 is 15.2 Å². The summed E-state index contributed by atoms with van der Waals surface area (Å²) < 4.78 is 23.3. The molecule has 1 aromatic rings. The Hall–Kier alpha value is -1.82. The molecule has 0 amide bonds.